The van der Waals surface area contributed by atoms with Crippen molar-refractivity contribution in [1.82, 2.24) is 9.55 Å². The number of imidazole rings is 1. The molecule has 4 nitrogen and oxygen atoms in total. The summed E-state index contributed by atoms with van der Waals surface area (Å²) in [6.45, 7) is 1.14. The highest BCUT2D eigenvalue weighted by Crippen LogP contribution is 2.28. The first kappa shape index (κ1) is 17.4. The Bertz CT molecular complexity index is 1070. The van der Waals surface area contributed by atoms with Gasteiger partial charge < -0.3 is 14.0 Å². The molecule has 0 spiro atoms. The summed E-state index contributed by atoms with van der Waals surface area (Å²) in [5.74, 6) is 2.38. The molecule has 0 radical (unpaired) electrons. The number of benzene rings is 3. The quantitative estimate of drug-likeness (QED) is 0.448. The lowest BCUT2D eigenvalue weighted by Crippen LogP contribution is -2.09. The highest BCUT2D eigenvalue weighted by molar-refractivity contribution is 6.32. The maximum Gasteiger partial charge on any atom is 0.141 e. The molecule has 4 aromatic rings. The van der Waals surface area contributed by atoms with Crippen LogP contribution < -0.4 is 9.47 Å². The van der Waals surface area contributed by atoms with Gasteiger partial charge in [-0.2, -0.15) is 0 Å². The van der Waals surface area contributed by atoms with Crippen LogP contribution in [0.15, 0.2) is 72.8 Å². The van der Waals surface area contributed by atoms with Crippen LogP contribution in [-0.2, 0) is 6.54 Å². The normalized spacial score (nSPS) is 10.9. The minimum absolute atomic E-state index is 0.487. The summed E-state index contributed by atoms with van der Waals surface area (Å²) in [6.07, 6.45) is 0. The van der Waals surface area contributed by atoms with Crippen LogP contribution in [0.4, 0.5) is 0 Å². The first-order valence-electron chi connectivity index (χ1n) is 8.73. The molecular weight excluding hydrogens is 360 g/mol. The first-order valence-corrected chi connectivity index (χ1v) is 9.11. The summed E-state index contributed by atoms with van der Waals surface area (Å²) >= 11 is 6.18. The Morgan fingerprint density at radius 3 is 2.63 bits per heavy atom. The van der Waals surface area contributed by atoms with Gasteiger partial charge in [-0.3, -0.25) is 0 Å². The summed E-state index contributed by atoms with van der Waals surface area (Å²) < 4.78 is 13.4. The molecule has 1 heterocycles. The number of methoxy groups -OCH3 is 1. The maximum absolute atomic E-state index is 6.18. The van der Waals surface area contributed by atoms with Gasteiger partial charge in [-0.1, -0.05) is 48.0 Å². The predicted octanol–water partition coefficient (Wildman–Crippen LogP) is 5.44. The Labute approximate surface area is 162 Å². The maximum atomic E-state index is 6.18. The monoisotopic (exact) mass is 378 g/mol. The lowest BCUT2D eigenvalue weighted by atomic mass is 10.2. The molecule has 5 heteroatoms. The summed E-state index contributed by atoms with van der Waals surface area (Å²) in [4.78, 5) is 4.83. The van der Waals surface area contributed by atoms with Crippen LogP contribution >= 0.6 is 11.6 Å². The van der Waals surface area contributed by atoms with Crippen LogP contribution in [0.2, 0.25) is 5.02 Å². The number of para-hydroxylation sites is 3. The Morgan fingerprint density at radius 1 is 0.963 bits per heavy atom. The fraction of sp³-hybridized carbons (Fsp3) is 0.136. The van der Waals surface area contributed by atoms with Gasteiger partial charge in [-0.05, 0) is 36.4 Å². The molecule has 0 aliphatic carbocycles. The van der Waals surface area contributed by atoms with Crippen LogP contribution in [0.1, 0.15) is 0 Å². The Morgan fingerprint density at radius 2 is 1.78 bits per heavy atom. The molecule has 0 aliphatic rings. The van der Waals surface area contributed by atoms with Gasteiger partial charge >= 0.3 is 0 Å². The van der Waals surface area contributed by atoms with E-state index in [0.717, 1.165) is 28.2 Å². The molecule has 0 saturated heterocycles. The molecular formula is C22H19ClN2O2. The van der Waals surface area contributed by atoms with E-state index < -0.39 is 0 Å². The molecule has 0 fully saturated rings. The number of ether oxygens (including phenoxy) is 2. The van der Waals surface area contributed by atoms with Gasteiger partial charge in [0.05, 0.1) is 29.7 Å². The molecule has 0 saturated carbocycles. The Balaban J connectivity index is 1.67. The zero-order valence-electron chi connectivity index (χ0n) is 14.9. The highest BCUT2D eigenvalue weighted by atomic mass is 35.5. The van der Waals surface area contributed by atoms with E-state index in [9.17, 15) is 0 Å². The number of halogens is 1. The zero-order valence-corrected chi connectivity index (χ0v) is 15.7. The molecule has 4 rings (SSSR count). The smallest absolute Gasteiger partial charge is 0.141 e. The fourth-order valence-corrected chi connectivity index (χ4v) is 3.28. The van der Waals surface area contributed by atoms with E-state index in [2.05, 4.69) is 10.6 Å². The molecule has 0 N–H and O–H groups in total. The summed E-state index contributed by atoms with van der Waals surface area (Å²) in [5, 5.41) is 0.612. The summed E-state index contributed by atoms with van der Waals surface area (Å²) in [7, 11) is 1.67. The number of fused-ring (bicyclic) bond motifs is 1. The molecule has 1 aromatic heterocycles. The Kier molecular flexibility index (Phi) is 4.99. The average Bonchev–Trinajstić information content (AvgIpc) is 3.08. The summed E-state index contributed by atoms with van der Waals surface area (Å²) in [6, 6.07) is 23.5. The number of nitrogens with zero attached hydrogens (tertiary/aromatic N) is 2. The SMILES string of the molecule is COc1cccc(-c2nc3ccccc3n2CCOc2ccccc2Cl)c1. The van der Waals surface area contributed by atoms with Crippen LogP contribution in [0.3, 0.4) is 0 Å². The fourth-order valence-electron chi connectivity index (χ4n) is 3.09. The zero-order chi connectivity index (χ0) is 18.6. The average molecular weight is 379 g/mol. The number of hydrogen-bond donors (Lipinski definition) is 0. The third kappa shape index (κ3) is 3.62. The standard InChI is InChI=1S/C22H19ClN2O2/c1-26-17-8-6-7-16(15-17)22-24-19-10-3-4-11-20(19)25(22)13-14-27-21-12-5-2-9-18(21)23/h2-12,15H,13-14H2,1H3. The van der Waals surface area contributed by atoms with Crippen LogP contribution in [0.25, 0.3) is 22.4 Å². The van der Waals surface area contributed by atoms with Crippen molar-refractivity contribution in [2.24, 2.45) is 0 Å². The van der Waals surface area contributed by atoms with Crippen molar-refractivity contribution in [1.29, 1.82) is 0 Å². The highest BCUT2D eigenvalue weighted by Gasteiger charge is 2.13. The number of rotatable bonds is 6. The third-order valence-corrected chi connectivity index (χ3v) is 4.70. The molecule has 0 atom stereocenters. The molecule has 27 heavy (non-hydrogen) atoms. The van der Waals surface area contributed by atoms with E-state index in [4.69, 9.17) is 26.1 Å². The van der Waals surface area contributed by atoms with Gasteiger partial charge in [0.25, 0.3) is 0 Å². The van der Waals surface area contributed by atoms with Crippen molar-refractivity contribution in [3.63, 3.8) is 0 Å². The van der Waals surface area contributed by atoms with Crippen molar-refractivity contribution in [2.75, 3.05) is 13.7 Å². The largest absolute Gasteiger partial charge is 0.497 e. The van der Waals surface area contributed by atoms with E-state index in [-0.39, 0.29) is 0 Å². The van der Waals surface area contributed by atoms with Gasteiger partial charge in [-0.25, -0.2) is 4.98 Å². The minimum atomic E-state index is 0.487. The van der Waals surface area contributed by atoms with Crippen LogP contribution in [-0.4, -0.2) is 23.3 Å². The molecule has 3 aromatic carbocycles. The Hall–Kier alpha value is -2.98. The van der Waals surface area contributed by atoms with E-state index in [1.54, 1.807) is 7.11 Å². The molecule has 0 amide bonds. The molecule has 0 aliphatic heterocycles. The van der Waals surface area contributed by atoms with Crippen molar-refractivity contribution in [2.45, 2.75) is 6.54 Å². The van der Waals surface area contributed by atoms with E-state index >= 15 is 0 Å². The van der Waals surface area contributed by atoms with E-state index in [1.165, 1.54) is 0 Å². The predicted molar refractivity (Wildman–Crippen MR) is 109 cm³/mol. The second-order valence-electron chi connectivity index (χ2n) is 6.09. The van der Waals surface area contributed by atoms with Crippen molar-refractivity contribution >= 4 is 22.6 Å². The van der Waals surface area contributed by atoms with Crippen LogP contribution in [0.5, 0.6) is 11.5 Å². The van der Waals surface area contributed by atoms with Gasteiger partial charge in [0.15, 0.2) is 0 Å². The van der Waals surface area contributed by atoms with E-state index in [1.807, 2.05) is 66.7 Å². The second kappa shape index (κ2) is 7.72. The van der Waals surface area contributed by atoms with Gasteiger partial charge in [0, 0.05) is 5.56 Å². The summed E-state index contributed by atoms with van der Waals surface area (Å²) in [5.41, 5.74) is 3.02. The van der Waals surface area contributed by atoms with Gasteiger partial charge in [0.2, 0.25) is 0 Å². The van der Waals surface area contributed by atoms with Crippen molar-refractivity contribution in [3.05, 3.63) is 77.8 Å². The minimum Gasteiger partial charge on any atom is -0.497 e. The third-order valence-electron chi connectivity index (χ3n) is 4.39. The topological polar surface area (TPSA) is 36.3 Å². The van der Waals surface area contributed by atoms with E-state index in [0.29, 0.717) is 23.9 Å². The molecule has 0 bridgehead atoms. The van der Waals surface area contributed by atoms with Crippen LogP contribution in [0, 0.1) is 0 Å². The van der Waals surface area contributed by atoms with Gasteiger partial charge in [0.1, 0.15) is 23.9 Å². The van der Waals surface area contributed by atoms with Crippen molar-refractivity contribution in [3.8, 4) is 22.9 Å². The lowest BCUT2D eigenvalue weighted by Gasteiger charge is -2.12. The number of aromatic nitrogens is 2. The molecule has 136 valence electrons. The van der Waals surface area contributed by atoms with Crippen molar-refractivity contribution < 1.29 is 9.47 Å². The number of hydrogen-bond acceptors (Lipinski definition) is 3. The molecule has 0 unspecified atom stereocenters. The lowest BCUT2D eigenvalue weighted by molar-refractivity contribution is 0.301. The first-order chi connectivity index (χ1) is 13.3. The second-order valence-corrected chi connectivity index (χ2v) is 6.49. The van der Waals surface area contributed by atoms with Gasteiger partial charge in [-0.15, -0.1) is 0 Å².